The molecule has 224 valence electrons. The lowest BCUT2D eigenvalue weighted by Gasteiger charge is -2.34. The molecule has 0 spiro atoms. The van der Waals surface area contributed by atoms with Gasteiger partial charge in [0.2, 0.25) is 17.7 Å². The van der Waals surface area contributed by atoms with Crippen LogP contribution in [0.4, 0.5) is 0 Å². The van der Waals surface area contributed by atoms with Crippen LogP contribution in [-0.4, -0.2) is 66.3 Å². The molecule has 0 aromatic heterocycles. The number of carbonyl (C=O) groups is 3. The predicted molar refractivity (Wildman–Crippen MR) is 175 cm³/mol. The molecule has 0 saturated carbocycles. The first kappa shape index (κ1) is 31.4. The van der Waals surface area contributed by atoms with Crippen molar-refractivity contribution in [3.05, 3.63) is 108 Å². The number of nitrogens with two attached hydrogens (primary N) is 1. The molecule has 0 aliphatic rings. The Morgan fingerprint density at radius 1 is 0.814 bits per heavy atom. The molecule has 0 fully saturated rings. The monoisotopic (exact) mass is 578 g/mol. The van der Waals surface area contributed by atoms with E-state index in [2.05, 4.69) is 11.4 Å². The van der Waals surface area contributed by atoms with Crippen molar-refractivity contribution in [2.24, 2.45) is 5.73 Å². The lowest BCUT2D eigenvalue weighted by molar-refractivity contribution is -0.146. The Morgan fingerprint density at radius 2 is 1.47 bits per heavy atom. The quantitative estimate of drug-likeness (QED) is 0.249. The fraction of sp³-hybridized carbons (Fsp3) is 0.306. The van der Waals surface area contributed by atoms with Crippen LogP contribution in [0, 0.1) is 0 Å². The summed E-state index contributed by atoms with van der Waals surface area (Å²) in [6, 6.07) is 26.4. The van der Waals surface area contributed by atoms with Crippen LogP contribution in [0.25, 0.3) is 21.5 Å². The molecule has 0 heterocycles. The minimum atomic E-state index is -0.845. The average Bonchev–Trinajstić information content (AvgIpc) is 3.00. The van der Waals surface area contributed by atoms with E-state index < -0.39 is 17.6 Å². The first-order chi connectivity index (χ1) is 20.5. The topological polar surface area (TPSA) is 95.7 Å². The molecule has 7 nitrogen and oxygen atoms in total. The van der Waals surface area contributed by atoms with Crippen LogP contribution < -0.4 is 11.1 Å². The van der Waals surface area contributed by atoms with E-state index in [1.807, 2.05) is 92.7 Å². The average molecular weight is 579 g/mol. The lowest BCUT2D eigenvalue weighted by atomic mass is 9.96. The zero-order valence-corrected chi connectivity index (χ0v) is 25.7. The van der Waals surface area contributed by atoms with E-state index in [1.165, 1.54) is 15.9 Å². The Morgan fingerprint density at radius 3 is 2.16 bits per heavy atom. The van der Waals surface area contributed by atoms with Gasteiger partial charge in [-0.05, 0) is 59.0 Å². The molecule has 2 atom stereocenters. The summed E-state index contributed by atoms with van der Waals surface area (Å²) in [6.07, 6.45) is 4.35. The molecule has 0 aliphatic heterocycles. The first-order valence-electron chi connectivity index (χ1n) is 14.6. The second kappa shape index (κ2) is 13.7. The predicted octanol–water partition coefficient (Wildman–Crippen LogP) is 4.86. The first-order valence-corrected chi connectivity index (χ1v) is 14.6. The Balaban J connectivity index is 1.67. The van der Waals surface area contributed by atoms with Crippen LogP contribution in [-0.2, 0) is 27.2 Å². The highest BCUT2D eigenvalue weighted by atomic mass is 16.2. The Kier molecular flexibility index (Phi) is 9.99. The fourth-order valence-corrected chi connectivity index (χ4v) is 5.35. The van der Waals surface area contributed by atoms with Gasteiger partial charge in [-0.2, -0.15) is 0 Å². The fourth-order valence-electron chi connectivity index (χ4n) is 5.35. The van der Waals surface area contributed by atoms with Crippen molar-refractivity contribution in [3.8, 4) is 0 Å². The van der Waals surface area contributed by atoms with Crippen molar-refractivity contribution in [3.63, 3.8) is 0 Å². The van der Waals surface area contributed by atoms with Crippen LogP contribution >= 0.6 is 0 Å². The largest absolute Gasteiger partial charge is 0.357 e. The molecule has 4 rings (SSSR count). The number of hydrogen-bond donors (Lipinski definition) is 2. The van der Waals surface area contributed by atoms with E-state index >= 15 is 0 Å². The normalized spacial score (nSPS) is 13.2. The van der Waals surface area contributed by atoms with Crippen LogP contribution in [0.2, 0.25) is 0 Å². The summed E-state index contributed by atoms with van der Waals surface area (Å²) in [6.45, 7) is 3.78. The molecular weight excluding hydrogens is 536 g/mol. The summed E-state index contributed by atoms with van der Waals surface area (Å²) in [5.41, 5.74) is 7.52. The summed E-state index contributed by atoms with van der Waals surface area (Å²) in [7, 11) is 4.85. The molecule has 0 aliphatic carbocycles. The van der Waals surface area contributed by atoms with Crippen molar-refractivity contribution < 1.29 is 14.4 Å². The minimum absolute atomic E-state index is 0.271. The summed E-state index contributed by atoms with van der Waals surface area (Å²) < 4.78 is 0. The number of amides is 3. The molecule has 0 unspecified atom stereocenters. The van der Waals surface area contributed by atoms with E-state index in [0.29, 0.717) is 19.3 Å². The zero-order valence-electron chi connectivity index (χ0n) is 25.7. The second-order valence-electron chi connectivity index (χ2n) is 11.9. The third-order valence-corrected chi connectivity index (χ3v) is 7.90. The standard InChI is InChI=1S/C36H42N4O3/c1-36(2,37)21-11-18-33(41)39(4)32(24-29-16-10-15-27-13-8-9-17-30(27)29)35(43)40(5)31(34(42)38-3)23-25-19-20-26-12-6-7-14-28(26)22-25/h6-20,22,31-32H,21,23-24,37H2,1-5H3,(H,38,42)/t31-,32-/m1/s1. The third-order valence-electron chi connectivity index (χ3n) is 7.90. The van der Waals surface area contributed by atoms with Gasteiger partial charge in [0.1, 0.15) is 12.1 Å². The highest BCUT2D eigenvalue weighted by molar-refractivity contribution is 5.96. The number of benzene rings is 4. The summed E-state index contributed by atoms with van der Waals surface area (Å²) >= 11 is 0. The number of rotatable bonds is 11. The highest BCUT2D eigenvalue weighted by Crippen LogP contribution is 2.23. The van der Waals surface area contributed by atoms with E-state index in [1.54, 1.807) is 27.2 Å². The molecule has 3 N–H and O–H groups in total. The molecule has 7 heteroatoms. The third kappa shape index (κ3) is 7.87. The van der Waals surface area contributed by atoms with Gasteiger partial charge in [0.25, 0.3) is 0 Å². The summed E-state index contributed by atoms with van der Waals surface area (Å²) in [5, 5.41) is 6.97. The maximum absolute atomic E-state index is 14.3. The van der Waals surface area contributed by atoms with Crippen LogP contribution in [0.1, 0.15) is 31.4 Å². The Hall–Kier alpha value is -4.49. The van der Waals surface area contributed by atoms with E-state index in [-0.39, 0.29) is 17.7 Å². The smallest absolute Gasteiger partial charge is 0.246 e. The molecule has 0 radical (unpaired) electrons. The summed E-state index contributed by atoms with van der Waals surface area (Å²) in [5.74, 6) is -0.889. The number of nitrogens with one attached hydrogen (secondary N) is 1. The van der Waals surface area contributed by atoms with Gasteiger partial charge in [-0.15, -0.1) is 0 Å². The van der Waals surface area contributed by atoms with Gasteiger partial charge < -0.3 is 20.9 Å². The van der Waals surface area contributed by atoms with Gasteiger partial charge in [0, 0.05) is 39.5 Å². The molecule has 4 aromatic rings. The number of likely N-dealkylation sites (N-methyl/N-ethyl adjacent to an activating group) is 3. The van der Waals surface area contributed by atoms with Crippen molar-refractivity contribution in [2.45, 2.75) is 50.7 Å². The Bertz CT molecular complexity index is 1630. The zero-order chi connectivity index (χ0) is 31.1. The second-order valence-corrected chi connectivity index (χ2v) is 11.9. The van der Waals surface area contributed by atoms with Crippen LogP contribution in [0.15, 0.2) is 97.1 Å². The molecular formula is C36H42N4O3. The molecule has 4 aromatic carbocycles. The maximum atomic E-state index is 14.3. The van der Waals surface area contributed by atoms with E-state index in [9.17, 15) is 14.4 Å². The van der Waals surface area contributed by atoms with E-state index in [4.69, 9.17) is 5.73 Å². The van der Waals surface area contributed by atoms with Gasteiger partial charge in [-0.25, -0.2) is 0 Å². The van der Waals surface area contributed by atoms with Gasteiger partial charge >= 0.3 is 0 Å². The SMILES string of the molecule is CNC(=O)[C@@H](Cc1ccc2ccccc2c1)N(C)C(=O)[C@@H](Cc1cccc2ccccc12)N(C)C(=O)C=CCC(C)(C)N. The highest BCUT2D eigenvalue weighted by Gasteiger charge is 2.34. The molecule has 43 heavy (non-hydrogen) atoms. The molecule has 0 saturated heterocycles. The van der Waals surface area contributed by atoms with Crippen molar-refractivity contribution >= 4 is 39.3 Å². The van der Waals surface area contributed by atoms with Gasteiger partial charge in [-0.1, -0.05) is 91.0 Å². The van der Waals surface area contributed by atoms with Crippen molar-refractivity contribution in [2.75, 3.05) is 21.1 Å². The van der Waals surface area contributed by atoms with Crippen molar-refractivity contribution in [1.29, 1.82) is 0 Å². The number of nitrogens with zero attached hydrogens (tertiary/aromatic N) is 2. The number of carbonyl (C=O) groups excluding carboxylic acids is 3. The lowest BCUT2D eigenvalue weighted by Crippen LogP contribution is -2.55. The van der Waals surface area contributed by atoms with Crippen molar-refractivity contribution in [1.82, 2.24) is 15.1 Å². The summed E-state index contributed by atoms with van der Waals surface area (Å²) in [4.78, 5) is 43.9. The maximum Gasteiger partial charge on any atom is 0.246 e. The molecule has 3 amide bonds. The Labute approximate surface area is 254 Å². The number of hydrogen-bond acceptors (Lipinski definition) is 4. The van der Waals surface area contributed by atoms with Crippen LogP contribution in [0.5, 0.6) is 0 Å². The van der Waals surface area contributed by atoms with Gasteiger partial charge in [-0.3, -0.25) is 14.4 Å². The van der Waals surface area contributed by atoms with Gasteiger partial charge in [0.15, 0.2) is 0 Å². The van der Waals surface area contributed by atoms with Gasteiger partial charge in [0.05, 0.1) is 0 Å². The van der Waals surface area contributed by atoms with Crippen LogP contribution in [0.3, 0.4) is 0 Å². The minimum Gasteiger partial charge on any atom is -0.357 e. The molecule has 0 bridgehead atoms. The van der Waals surface area contributed by atoms with E-state index in [0.717, 1.165) is 32.7 Å². The number of fused-ring (bicyclic) bond motifs is 2.